The predicted molar refractivity (Wildman–Crippen MR) is 114 cm³/mol. The summed E-state index contributed by atoms with van der Waals surface area (Å²) in [6.45, 7) is 5.74. The second-order valence-electron chi connectivity index (χ2n) is 8.81. The van der Waals surface area contributed by atoms with Crippen molar-refractivity contribution in [1.29, 1.82) is 0 Å². The number of aliphatic hydroxyl groups is 1. The number of morpholine rings is 1. The summed E-state index contributed by atoms with van der Waals surface area (Å²) in [5, 5.41) is 11.1. The van der Waals surface area contributed by atoms with Gasteiger partial charge in [-0.1, -0.05) is 0 Å². The number of ether oxygens (including phenoxy) is 2. The molecule has 3 heterocycles. The summed E-state index contributed by atoms with van der Waals surface area (Å²) in [6.07, 6.45) is 9.12. The normalized spacial score (nSPS) is 29.1. The fourth-order valence-electron chi connectivity index (χ4n) is 5.41. The average molecular weight is 418 g/mol. The van der Waals surface area contributed by atoms with Crippen LogP contribution in [-0.4, -0.2) is 64.5 Å². The zero-order chi connectivity index (χ0) is 19.8. The van der Waals surface area contributed by atoms with Crippen molar-refractivity contribution in [2.45, 2.75) is 76.0 Å². The van der Waals surface area contributed by atoms with Crippen molar-refractivity contribution in [3.8, 4) is 5.88 Å². The van der Waals surface area contributed by atoms with Crippen molar-refractivity contribution in [3.05, 3.63) is 16.8 Å². The van der Waals surface area contributed by atoms with Gasteiger partial charge in [0.2, 0.25) is 5.88 Å². The molecular formula is C22H31N3O3S. The number of aliphatic hydroxyl groups excluding tert-OH is 1. The van der Waals surface area contributed by atoms with Gasteiger partial charge in [-0.05, 0) is 63.4 Å². The van der Waals surface area contributed by atoms with E-state index in [0.29, 0.717) is 12.0 Å². The molecule has 1 aliphatic heterocycles. The molecule has 158 valence electrons. The van der Waals surface area contributed by atoms with Crippen LogP contribution < -0.4 is 4.74 Å². The maximum absolute atomic E-state index is 9.94. The lowest BCUT2D eigenvalue weighted by Crippen LogP contribution is -2.46. The van der Waals surface area contributed by atoms with Crippen LogP contribution in [0.15, 0.2) is 6.33 Å². The lowest BCUT2D eigenvalue weighted by Gasteiger charge is -2.38. The third kappa shape index (κ3) is 4.02. The molecular weight excluding hydrogens is 386 g/mol. The van der Waals surface area contributed by atoms with Gasteiger partial charge in [0.1, 0.15) is 17.3 Å². The molecule has 6 nitrogen and oxygen atoms in total. The highest BCUT2D eigenvalue weighted by atomic mass is 32.1. The number of thiophene rings is 1. The second kappa shape index (κ2) is 8.46. The SMILES string of the molecule is CC(O)C[C@H]1CCc2sc3ncnc(OC4CCC(N5CCOCC5)CC4)c3c21. The summed E-state index contributed by atoms with van der Waals surface area (Å²) in [5.41, 5.74) is 1.35. The number of fused-ring (bicyclic) bond motifs is 3. The van der Waals surface area contributed by atoms with Crippen LogP contribution in [0.2, 0.25) is 0 Å². The Bertz CT molecular complexity index is 841. The number of hydrogen-bond acceptors (Lipinski definition) is 7. The zero-order valence-electron chi connectivity index (χ0n) is 17.2. The van der Waals surface area contributed by atoms with E-state index in [1.54, 1.807) is 17.7 Å². The Hall–Kier alpha value is -1.28. The van der Waals surface area contributed by atoms with Gasteiger partial charge in [-0.2, -0.15) is 0 Å². The van der Waals surface area contributed by atoms with Gasteiger partial charge >= 0.3 is 0 Å². The minimum atomic E-state index is -0.287. The van der Waals surface area contributed by atoms with Gasteiger partial charge in [-0.25, -0.2) is 9.97 Å². The first-order valence-electron chi connectivity index (χ1n) is 11.1. The highest BCUT2D eigenvalue weighted by Gasteiger charge is 2.32. The molecule has 7 heteroatoms. The number of hydrogen-bond donors (Lipinski definition) is 1. The Morgan fingerprint density at radius 3 is 2.76 bits per heavy atom. The van der Waals surface area contributed by atoms with Crippen LogP contribution in [0.4, 0.5) is 0 Å². The molecule has 2 aromatic rings. The third-order valence-electron chi connectivity index (χ3n) is 6.81. The van der Waals surface area contributed by atoms with E-state index >= 15 is 0 Å². The van der Waals surface area contributed by atoms with E-state index < -0.39 is 0 Å². The molecule has 1 N–H and O–H groups in total. The fraction of sp³-hybridized carbons (Fsp3) is 0.727. The summed E-state index contributed by atoms with van der Waals surface area (Å²) in [7, 11) is 0. The van der Waals surface area contributed by atoms with Crippen LogP contribution in [0.5, 0.6) is 5.88 Å². The van der Waals surface area contributed by atoms with Gasteiger partial charge in [-0.3, -0.25) is 4.90 Å². The van der Waals surface area contributed by atoms with Crippen molar-refractivity contribution in [3.63, 3.8) is 0 Å². The van der Waals surface area contributed by atoms with Crippen molar-refractivity contribution in [1.82, 2.24) is 14.9 Å². The van der Waals surface area contributed by atoms with Crippen LogP contribution in [0, 0.1) is 0 Å². The quantitative estimate of drug-likeness (QED) is 0.803. The molecule has 0 amide bonds. The standard InChI is InChI=1S/C22H31N3O3S/c1-14(26)12-15-2-7-18-19(15)20-21(23-13-24-22(20)29-18)28-17-5-3-16(4-6-17)25-8-10-27-11-9-25/h13-17,26H,2-12H2,1H3/t14?,15-,16?,17?/m1/s1. The molecule has 0 radical (unpaired) electrons. The second-order valence-corrected chi connectivity index (χ2v) is 9.90. The van der Waals surface area contributed by atoms with Crippen LogP contribution in [0.1, 0.15) is 61.8 Å². The highest BCUT2D eigenvalue weighted by Crippen LogP contribution is 2.47. The molecule has 2 atom stereocenters. The first-order chi connectivity index (χ1) is 14.2. The monoisotopic (exact) mass is 417 g/mol. The van der Waals surface area contributed by atoms with Crippen molar-refractivity contribution in [2.24, 2.45) is 0 Å². The predicted octanol–water partition coefficient (Wildman–Crippen LogP) is 3.51. The molecule has 2 aromatic heterocycles. The van der Waals surface area contributed by atoms with E-state index in [1.807, 2.05) is 6.92 Å². The van der Waals surface area contributed by atoms with Crippen molar-refractivity contribution in [2.75, 3.05) is 26.3 Å². The Balaban J connectivity index is 1.31. The van der Waals surface area contributed by atoms with Gasteiger partial charge < -0.3 is 14.6 Å². The fourth-order valence-corrected chi connectivity index (χ4v) is 6.64. The molecule has 1 unspecified atom stereocenters. The molecule has 2 fully saturated rings. The van der Waals surface area contributed by atoms with Gasteiger partial charge in [0.25, 0.3) is 0 Å². The Labute approximate surface area is 176 Å². The lowest BCUT2D eigenvalue weighted by atomic mass is 9.91. The van der Waals surface area contributed by atoms with Crippen molar-refractivity contribution >= 4 is 21.6 Å². The van der Waals surface area contributed by atoms with E-state index in [2.05, 4.69) is 14.9 Å². The molecule has 1 saturated heterocycles. The number of nitrogens with zero attached hydrogens (tertiary/aromatic N) is 3. The van der Waals surface area contributed by atoms with E-state index in [0.717, 1.165) is 74.5 Å². The molecule has 5 rings (SSSR count). The lowest BCUT2D eigenvalue weighted by molar-refractivity contribution is -0.00126. The molecule has 0 spiro atoms. The Morgan fingerprint density at radius 1 is 1.21 bits per heavy atom. The first kappa shape index (κ1) is 19.7. The maximum Gasteiger partial charge on any atom is 0.225 e. The van der Waals surface area contributed by atoms with Crippen LogP contribution >= 0.6 is 11.3 Å². The number of rotatable bonds is 5. The molecule has 3 aliphatic rings. The average Bonchev–Trinajstić information content (AvgIpc) is 3.29. The van der Waals surface area contributed by atoms with Crippen LogP contribution in [0.25, 0.3) is 10.2 Å². The topological polar surface area (TPSA) is 67.7 Å². The van der Waals surface area contributed by atoms with Crippen LogP contribution in [-0.2, 0) is 11.2 Å². The maximum atomic E-state index is 9.94. The number of aromatic nitrogens is 2. The molecule has 2 aliphatic carbocycles. The number of aryl methyl sites for hydroxylation is 1. The van der Waals surface area contributed by atoms with E-state index in [-0.39, 0.29) is 12.2 Å². The summed E-state index contributed by atoms with van der Waals surface area (Å²) in [5.74, 6) is 1.16. The minimum absolute atomic E-state index is 0.234. The van der Waals surface area contributed by atoms with E-state index in [9.17, 15) is 5.11 Å². The van der Waals surface area contributed by atoms with Gasteiger partial charge in [-0.15, -0.1) is 11.3 Å². The molecule has 29 heavy (non-hydrogen) atoms. The summed E-state index contributed by atoms with van der Waals surface area (Å²) >= 11 is 1.78. The highest BCUT2D eigenvalue weighted by molar-refractivity contribution is 7.19. The van der Waals surface area contributed by atoms with Crippen LogP contribution in [0.3, 0.4) is 0 Å². The first-order valence-corrected chi connectivity index (χ1v) is 11.9. The van der Waals surface area contributed by atoms with Gasteiger partial charge in [0.05, 0.1) is 24.7 Å². The third-order valence-corrected chi connectivity index (χ3v) is 7.98. The van der Waals surface area contributed by atoms with Crippen molar-refractivity contribution < 1.29 is 14.6 Å². The van der Waals surface area contributed by atoms with Gasteiger partial charge in [0.15, 0.2) is 0 Å². The zero-order valence-corrected chi connectivity index (χ0v) is 18.0. The van der Waals surface area contributed by atoms with Gasteiger partial charge in [0, 0.05) is 24.0 Å². The largest absolute Gasteiger partial charge is 0.474 e. The molecule has 0 bridgehead atoms. The summed E-state index contributed by atoms with van der Waals surface area (Å²) < 4.78 is 12.0. The Kier molecular flexibility index (Phi) is 5.74. The van der Waals surface area contributed by atoms with E-state index in [4.69, 9.17) is 9.47 Å². The molecule has 0 aromatic carbocycles. The summed E-state index contributed by atoms with van der Waals surface area (Å²) in [6, 6.07) is 0.671. The molecule has 1 saturated carbocycles. The minimum Gasteiger partial charge on any atom is -0.474 e. The Morgan fingerprint density at radius 2 is 2.00 bits per heavy atom. The van der Waals surface area contributed by atoms with E-state index in [1.165, 1.54) is 23.3 Å². The summed E-state index contributed by atoms with van der Waals surface area (Å²) in [4.78, 5) is 14.1. The smallest absolute Gasteiger partial charge is 0.225 e.